The van der Waals surface area contributed by atoms with Gasteiger partial charge in [-0.25, -0.2) is 0 Å². The predicted molar refractivity (Wildman–Crippen MR) is 72.8 cm³/mol. The summed E-state index contributed by atoms with van der Waals surface area (Å²) in [7, 11) is 1.55. The van der Waals surface area contributed by atoms with E-state index in [-0.39, 0.29) is 6.61 Å². The molecule has 1 aromatic rings. The van der Waals surface area contributed by atoms with Crippen molar-refractivity contribution in [3.8, 4) is 5.75 Å². The van der Waals surface area contributed by atoms with Gasteiger partial charge in [0.05, 0.1) is 24.7 Å². The topological polar surface area (TPSA) is 88.4 Å². The number of hydrogen-bond acceptors (Lipinski definition) is 6. The molecular weight excluding hydrogens is 276 g/mol. The van der Waals surface area contributed by atoms with Gasteiger partial charge >= 0.3 is 0 Å². The molecule has 0 unspecified atom stereocenters. The van der Waals surface area contributed by atoms with Crippen LogP contribution in [0.3, 0.4) is 0 Å². The Morgan fingerprint density at radius 2 is 2.00 bits per heavy atom. The number of ether oxygens (including phenoxy) is 3. The van der Waals surface area contributed by atoms with E-state index >= 15 is 0 Å². The van der Waals surface area contributed by atoms with E-state index in [4.69, 9.17) is 14.2 Å². The van der Waals surface area contributed by atoms with Crippen molar-refractivity contribution in [3.63, 3.8) is 0 Å². The van der Waals surface area contributed by atoms with E-state index in [0.717, 1.165) is 11.1 Å². The standard InChI is InChI=1S/C15H20O6/c1-7-3-4-8-9(5-7)20-15-11(14(8)19-2)13(18)12(17)10(6-16)21-15/h3-5,10-18H,6H2,1-2H3/t10-,11+,12+,13-,14+,15+/m1/s1. The molecular formula is C15H20O6. The van der Waals surface area contributed by atoms with Crippen molar-refractivity contribution in [2.45, 2.75) is 37.6 Å². The molecule has 0 amide bonds. The summed E-state index contributed by atoms with van der Waals surface area (Å²) < 4.78 is 16.9. The Bertz CT molecular complexity index is 519. The van der Waals surface area contributed by atoms with E-state index in [1.165, 1.54) is 0 Å². The Morgan fingerprint density at radius 1 is 1.24 bits per heavy atom. The fraction of sp³-hybridized carbons (Fsp3) is 0.600. The smallest absolute Gasteiger partial charge is 0.208 e. The highest BCUT2D eigenvalue weighted by molar-refractivity contribution is 5.41. The van der Waals surface area contributed by atoms with Gasteiger partial charge in [-0.1, -0.05) is 12.1 Å². The van der Waals surface area contributed by atoms with E-state index < -0.39 is 36.6 Å². The van der Waals surface area contributed by atoms with E-state index in [9.17, 15) is 15.3 Å². The fourth-order valence-electron chi connectivity index (χ4n) is 3.13. The molecule has 1 saturated heterocycles. The Balaban J connectivity index is 2.00. The van der Waals surface area contributed by atoms with Gasteiger partial charge in [-0.05, 0) is 18.6 Å². The first-order valence-corrected chi connectivity index (χ1v) is 6.99. The normalized spacial score (nSPS) is 38.3. The first-order valence-electron chi connectivity index (χ1n) is 6.99. The number of hydrogen-bond donors (Lipinski definition) is 3. The summed E-state index contributed by atoms with van der Waals surface area (Å²) >= 11 is 0. The van der Waals surface area contributed by atoms with Crippen LogP contribution in [0.4, 0.5) is 0 Å². The lowest BCUT2D eigenvalue weighted by Gasteiger charge is -2.47. The van der Waals surface area contributed by atoms with Crippen LogP contribution in [0.25, 0.3) is 0 Å². The lowest BCUT2D eigenvalue weighted by atomic mass is 9.82. The molecule has 0 bridgehead atoms. The molecule has 6 nitrogen and oxygen atoms in total. The molecule has 2 aliphatic rings. The average Bonchev–Trinajstić information content (AvgIpc) is 2.48. The molecule has 6 heteroatoms. The van der Waals surface area contributed by atoms with E-state index in [1.54, 1.807) is 7.11 Å². The number of aliphatic hydroxyl groups is 3. The maximum Gasteiger partial charge on any atom is 0.208 e. The van der Waals surface area contributed by atoms with Gasteiger partial charge in [0.2, 0.25) is 6.29 Å². The molecule has 0 saturated carbocycles. The van der Waals surface area contributed by atoms with Gasteiger partial charge in [0.25, 0.3) is 0 Å². The zero-order valence-corrected chi connectivity index (χ0v) is 12.0. The van der Waals surface area contributed by atoms with Crippen molar-refractivity contribution in [1.82, 2.24) is 0 Å². The summed E-state index contributed by atoms with van der Waals surface area (Å²) in [4.78, 5) is 0. The average molecular weight is 296 g/mol. The molecule has 116 valence electrons. The van der Waals surface area contributed by atoms with Crippen LogP contribution in [0.15, 0.2) is 18.2 Å². The van der Waals surface area contributed by atoms with Crippen molar-refractivity contribution in [1.29, 1.82) is 0 Å². The SMILES string of the molecule is CO[C@H]1c2ccc(C)cc2O[C@H]2O[C@H](CO)[C@H](O)[C@H](O)[C@H]21. The molecule has 0 spiro atoms. The van der Waals surface area contributed by atoms with Crippen LogP contribution in [-0.4, -0.2) is 53.6 Å². The highest BCUT2D eigenvalue weighted by atomic mass is 16.7. The van der Waals surface area contributed by atoms with Crippen LogP contribution in [0.2, 0.25) is 0 Å². The first-order chi connectivity index (χ1) is 10.1. The van der Waals surface area contributed by atoms with Gasteiger partial charge < -0.3 is 29.5 Å². The Labute approximate surface area is 122 Å². The third kappa shape index (κ3) is 2.33. The molecule has 0 aliphatic carbocycles. The molecule has 21 heavy (non-hydrogen) atoms. The molecule has 3 rings (SSSR count). The maximum atomic E-state index is 10.4. The van der Waals surface area contributed by atoms with E-state index in [0.29, 0.717) is 5.75 Å². The fourth-order valence-corrected chi connectivity index (χ4v) is 3.13. The molecule has 0 radical (unpaired) electrons. The zero-order chi connectivity index (χ0) is 15.1. The zero-order valence-electron chi connectivity index (χ0n) is 12.0. The second kappa shape index (κ2) is 5.55. The maximum absolute atomic E-state index is 10.4. The number of aliphatic hydroxyl groups excluding tert-OH is 3. The molecule has 1 aromatic carbocycles. The quantitative estimate of drug-likeness (QED) is 0.719. The number of rotatable bonds is 2. The molecule has 2 heterocycles. The van der Waals surface area contributed by atoms with Crippen molar-refractivity contribution < 1.29 is 29.5 Å². The number of fused-ring (bicyclic) bond motifs is 2. The minimum absolute atomic E-state index is 0.386. The highest BCUT2D eigenvalue weighted by Gasteiger charge is 2.52. The molecule has 6 atom stereocenters. The molecule has 3 N–H and O–H groups in total. The van der Waals surface area contributed by atoms with Crippen LogP contribution in [-0.2, 0) is 9.47 Å². The molecule has 2 aliphatic heterocycles. The number of benzene rings is 1. The minimum Gasteiger partial charge on any atom is -0.464 e. The van der Waals surface area contributed by atoms with Crippen LogP contribution in [0.5, 0.6) is 5.75 Å². The second-order valence-electron chi connectivity index (χ2n) is 5.60. The monoisotopic (exact) mass is 296 g/mol. The summed E-state index contributed by atoms with van der Waals surface area (Å²) in [6.45, 7) is 1.57. The third-order valence-corrected chi connectivity index (χ3v) is 4.25. The van der Waals surface area contributed by atoms with Crippen LogP contribution >= 0.6 is 0 Å². The van der Waals surface area contributed by atoms with Crippen molar-refractivity contribution >= 4 is 0 Å². The van der Waals surface area contributed by atoms with Gasteiger partial charge in [0, 0.05) is 12.7 Å². The molecule has 0 aromatic heterocycles. The molecule has 1 fully saturated rings. The first kappa shape index (κ1) is 14.7. The summed E-state index contributed by atoms with van der Waals surface area (Å²) in [5.74, 6) is 0.0892. The summed E-state index contributed by atoms with van der Waals surface area (Å²) in [6.07, 6.45) is -4.35. The lowest BCUT2D eigenvalue weighted by molar-refractivity contribution is -0.285. The number of methoxy groups -OCH3 is 1. The van der Waals surface area contributed by atoms with Gasteiger partial charge in [-0.15, -0.1) is 0 Å². The minimum atomic E-state index is -1.18. The van der Waals surface area contributed by atoms with E-state index in [2.05, 4.69) is 0 Å². The Kier molecular flexibility index (Phi) is 3.90. The lowest BCUT2D eigenvalue weighted by Crippen LogP contribution is -2.60. The highest BCUT2D eigenvalue weighted by Crippen LogP contribution is 2.45. The van der Waals surface area contributed by atoms with Crippen LogP contribution in [0.1, 0.15) is 17.2 Å². The Morgan fingerprint density at radius 3 is 2.67 bits per heavy atom. The third-order valence-electron chi connectivity index (χ3n) is 4.25. The Hall–Kier alpha value is -1.18. The van der Waals surface area contributed by atoms with Gasteiger partial charge in [-0.2, -0.15) is 0 Å². The summed E-state index contributed by atoms with van der Waals surface area (Å²) in [5.41, 5.74) is 1.86. The summed E-state index contributed by atoms with van der Waals surface area (Å²) in [6, 6.07) is 5.72. The second-order valence-corrected chi connectivity index (χ2v) is 5.60. The van der Waals surface area contributed by atoms with Gasteiger partial charge in [0.15, 0.2) is 0 Å². The van der Waals surface area contributed by atoms with Crippen LogP contribution < -0.4 is 4.74 Å². The number of aryl methyl sites for hydroxylation is 1. The van der Waals surface area contributed by atoms with Gasteiger partial charge in [0.1, 0.15) is 18.0 Å². The van der Waals surface area contributed by atoms with Crippen molar-refractivity contribution in [2.75, 3.05) is 13.7 Å². The summed E-state index contributed by atoms with van der Waals surface area (Å²) in [5, 5.41) is 29.6. The van der Waals surface area contributed by atoms with Crippen molar-refractivity contribution in [3.05, 3.63) is 29.3 Å². The van der Waals surface area contributed by atoms with Crippen LogP contribution in [0, 0.1) is 12.8 Å². The predicted octanol–water partition coefficient (Wildman–Crippen LogP) is 0.130. The van der Waals surface area contributed by atoms with Crippen molar-refractivity contribution in [2.24, 2.45) is 5.92 Å². The van der Waals surface area contributed by atoms with E-state index in [1.807, 2.05) is 25.1 Å². The largest absolute Gasteiger partial charge is 0.464 e. The van der Waals surface area contributed by atoms with Gasteiger partial charge in [-0.3, -0.25) is 0 Å².